The Bertz CT molecular complexity index is 1380. The zero-order valence-electron chi connectivity index (χ0n) is 20.0. The molecule has 3 atom stereocenters. The molecule has 2 heterocycles. The van der Waals surface area contributed by atoms with Gasteiger partial charge in [-0.05, 0) is 67.6 Å². The summed E-state index contributed by atoms with van der Waals surface area (Å²) in [7, 11) is 1.54. The van der Waals surface area contributed by atoms with E-state index in [1.807, 2.05) is 25.1 Å². The van der Waals surface area contributed by atoms with Crippen LogP contribution in [-0.4, -0.2) is 42.5 Å². The van der Waals surface area contributed by atoms with Crippen molar-refractivity contribution in [3.05, 3.63) is 86.8 Å². The Morgan fingerprint density at radius 1 is 0.973 bits per heavy atom. The normalized spacial score (nSPS) is 20.8. The third-order valence-electron chi connectivity index (χ3n) is 6.46. The van der Waals surface area contributed by atoms with Crippen molar-refractivity contribution in [2.75, 3.05) is 18.6 Å². The number of hydrogen-bond donors (Lipinski definition) is 1. The van der Waals surface area contributed by atoms with E-state index in [1.54, 1.807) is 48.5 Å². The maximum Gasteiger partial charge on any atom is 0.268 e. The smallest absolute Gasteiger partial charge is 0.268 e. The Morgan fingerprint density at radius 2 is 1.70 bits per heavy atom. The van der Waals surface area contributed by atoms with Crippen LogP contribution in [0.5, 0.6) is 11.5 Å². The van der Waals surface area contributed by atoms with Crippen LogP contribution in [-0.2, 0) is 9.59 Å². The Hall–Kier alpha value is -3.21. The second kappa shape index (κ2) is 10.3. The van der Waals surface area contributed by atoms with Gasteiger partial charge in [0.15, 0.2) is 0 Å². The third-order valence-corrected chi connectivity index (χ3v) is 7.44. The molecule has 2 aliphatic heterocycles. The molecule has 0 radical (unpaired) electrons. The number of rotatable bonds is 6. The van der Waals surface area contributed by atoms with Crippen molar-refractivity contribution < 1.29 is 23.9 Å². The van der Waals surface area contributed by atoms with E-state index < -0.39 is 35.7 Å². The molecule has 2 aliphatic rings. The molecule has 3 aromatic carbocycles. The average molecular weight is 629 g/mol. The van der Waals surface area contributed by atoms with Crippen LogP contribution in [0.4, 0.5) is 5.69 Å². The predicted octanol–water partition coefficient (Wildman–Crippen LogP) is 4.88. The molecule has 5 rings (SSSR count). The first-order valence-corrected chi connectivity index (χ1v) is 13.2. The molecule has 3 amide bonds. The Balaban J connectivity index is 1.59. The Morgan fingerprint density at radius 3 is 2.38 bits per heavy atom. The number of carbonyl (C=O) groups is 3. The molecule has 3 aromatic rings. The summed E-state index contributed by atoms with van der Waals surface area (Å²) in [5.41, 5.74) is 4.62. The number of hydrogen-bond acceptors (Lipinski definition) is 6. The molecule has 190 valence electrons. The fourth-order valence-corrected chi connectivity index (χ4v) is 5.63. The van der Waals surface area contributed by atoms with Gasteiger partial charge in [0.2, 0.25) is 5.91 Å². The number of nitrogens with one attached hydrogen (secondary N) is 1. The molecule has 2 fully saturated rings. The van der Waals surface area contributed by atoms with E-state index in [4.69, 9.17) is 9.47 Å². The average Bonchev–Trinajstić information content (AvgIpc) is 3.41. The second-order valence-electron chi connectivity index (χ2n) is 8.59. The third kappa shape index (κ3) is 4.54. The van der Waals surface area contributed by atoms with Crippen molar-refractivity contribution in [3.63, 3.8) is 0 Å². The van der Waals surface area contributed by atoms with E-state index in [1.165, 1.54) is 12.1 Å². The van der Waals surface area contributed by atoms with Crippen molar-refractivity contribution in [2.24, 2.45) is 5.92 Å². The highest BCUT2D eigenvalue weighted by molar-refractivity contribution is 9.10. The van der Waals surface area contributed by atoms with Gasteiger partial charge in [-0.1, -0.05) is 37.9 Å². The summed E-state index contributed by atoms with van der Waals surface area (Å²) in [5.74, 6) is -0.984. The molecule has 8 nitrogen and oxygen atoms in total. The number of anilines is 1. The van der Waals surface area contributed by atoms with E-state index in [0.29, 0.717) is 34.9 Å². The number of amides is 3. The zero-order valence-corrected chi connectivity index (χ0v) is 23.2. The lowest BCUT2D eigenvalue weighted by Crippen LogP contribution is -2.48. The van der Waals surface area contributed by atoms with Crippen LogP contribution in [0.15, 0.2) is 75.7 Å². The van der Waals surface area contributed by atoms with Crippen molar-refractivity contribution in [1.29, 1.82) is 0 Å². The summed E-state index contributed by atoms with van der Waals surface area (Å²) in [6.07, 6.45) is 0. The van der Waals surface area contributed by atoms with Crippen LogP contribution in [0, 0.1) is 5.92 Å². The van der Waals surface area contributed by atoms with Gasteiger partial charge in [0, 0.05) is 20.1 Å². The first-order chi connectivity index (χ1) is 17.8. The first-order valence-electron chi connectivity index (χ1n) is 11.6. The van der Waals surface area contributed by atoms with Gasteiger partial charge < -0.3 is 9.47 Å². The van der Waals surface area contributed by atoms with Crippen molar-refractivity contribution >= 4 is 55.3 Å². The van der Waals surface area contributed by atoms with E-state index in [9.17, 15) is 14.4 Å². The summed E-state index contributed by atoms with van der Waals surface area (Å²) >= 11 is 6.88. The fourth-order valence-electron chi connectivity index (χ4n) is 4.85. The summed E-state index contributed by atoms with van der Waals surface area (Å²) in [6.45, 7) is 2.38. The lowest BCUT2D eigenvalue weighted by Gasteiger charge is -2.26. The lowest BCUT2D eigenvalue weighted by atomic mass is 9.90. The minimum atomic E-state index is -1.04. The first kappa shape index (κ1) is 25.4. The van der Waals surface area contributed by atoms with Gasteiger partial charge in [0.1, 0.15) is 17.5 Å². The van der Waals surface area contributed by atoms with Crippen LogP contribution < -0.4 is 19.8 Å². The highest BCUT2D eigenvalue weighted by Gasteiger charge is 2.60. The highest BCUT2D eigenvalue weighted by atomic mass is 79.9. The Labute approximate surface area is 230 Å². The number of halogens is 2. The summed E-state index contributed by atoms with van der Waals surface area (Å²) < 4.78 is 12.6. The number of methoxy groups -OCH3 is 1. The van der Waals surface area contributed by atoms with Crippen molar-refractivity contribution in [1.82, 2.24) is 10.4 Å². The maximum absolute atomic E-state index is 13.9. The van der Waals surface area contributed by atoms with Crippen LogP contribution >= 0.6 is 31.9 Å². The van der Waals surface area contributed by atoms with Crippen molar-refractivity contribution in [3.8, 4) is 11.5 Å². The maximum atomic E-state index is 13.9. The molecular formula is C27H23Br2N3O5. The van der Waals surface area contributed by atoms with Gasteiger partial charge in [0.05, 0.1) is 31.4 Å². The van der Waals surface area contributed by atoms with Gasteiger partial charge in [-0.2, -0.15) is 0 Å². The number of carbonyl (C=O) groups excluding carboxylic acids is 3. The highest BCUT2D eigenvalue weighted by Crippen LogP contribution is 2.45. The number of hydrazine groups is 1. The van der Waals surface area contributed by atoms with Gasteiger partial charge in [-0.25, -0.2) is 10.3 Å². The number of ether oxygens (including phenoxy) is 2. The number of imide groups is 1. The molecule has 0 saturated carbocycles. The molecule has 37 heavy (non-hydrogen) atoms. The summed E-state index contributed by atoms with van der Waals surface area (Å²) in [5, 5.41) is 1.28. The molecule has 1 N–H and O–H groups in total. The molecule has 2 saturated heterocycles. The van der Waals surface area contributed by atoms with Gasteiger partial charge in [-0.3, -0.25) is 19.4 Å². The van der Waals surface area contributed by atoms with Crippen molar-refractivity contribution in [2.45, 2.75) is 19.0 Å². The molecular weight excluding hydrogens is 606 g/mol. The summed E-state index contributed by atoms with van der Waals surface area (Å²) in [6, 6.07) is 17.4. The van der Waals surface area contributed by atoms with E-state index in [0.717, 1.165) is 13.8 Å². The van der Waals surface area contributed by atoms with Crippen LogP contribution in [0.1, 0.15) is 28.9 Å². The second-order valence-corrected chi connectivity index (χ2v) is 10.4. The van der Waals surface area contributed by atoms with E-state index in [-0.39, 0.29) is 0 Å². The minimum Gasteiger partial charge on any atom is -0.496 e. The topological polar surface area (TPSA) is 88.2 Å². The Kier molecular flexibility index (Phi) is 7.06. The van der Waals surface area contributed by atoms with Gasteiger partial charge >= 0.3 is 0 Å². The molecule has 0 bridgehead atoms. The zero-order chi connectivity index (χ0) is 26.3. The minimum absolute atomic E-state index is 0.377. The summed E-state index contributed by atoms with van der Waals surface area (Å²) in [4.78, 5) is 42.5. The number of benzene rings is 3. The molecule has 0 spiro atoms. The van der Waals surface area contributed by atoms with Gasteiger partial charge in [-0.15, -0.1) is 0 Å². The monoisotopic (exact) mass is 627 g/mol. The largest absolute Gasteiger partial charge is 0.496 e. The van der Waals surface area contributed by atoms with Crippen LogP contribution in [0.2, 0.25) is 0 Å². The van der Waals surface area contributed by atoms with E-state index >= 15 is 0 Å². The predicted molar refractivity (Wildman–Crippen MR) is 144 cm³/mol. The molecule has 0 aromatic heterocycles. The molecule has 0 aliphatic carbocycles. The molecule has 10 heteroatoms. The SMILES string of the molecule is CCOc1ccc(N2C(=O)[C@H]3[C@@H](C2=O)N(C(=O)c2cccc(Br)c2)N[C@H]3c2cc(Br)ccc2OC)cc1. The van der Waals surface area contributed by atoms with Crippen LogP contribution in [0.3, 0.4) is 0 Å². The van der Waals surface area contributed by atoms with Gasteiger partial charge in [0.25, 0.3) is 11.8 Å². The fraction of sp³-hybridized carbons (Fsp3) is 0.222. The lowest BCUT2D eigenvalue weighted by molar-refractivity contribution is -0.123. The number of fused-ring (bicyclic) bond motifs is 1. The standard InChI is InChI=1S/C27H23Br2N3O5/c1-3-37-19-10-8-18(9-11-19)31-26(34)22-23(20-14-17(29)7-12-21(20)36-2)30-32(24(22)27(31)35)25(33)15-5-4-6-16(28)13-15/h4-14,22-24,30H,3H2,1-2H3/t22-,23+,24+/m1/s1. The van der Waals surface area contributed by atoms with E-state index in [2.05, 4.69) is 37.3 Å². The quantitative estimate of drug-likeness (QED) is 0.392. The van der Waals surface area contributed by atoms with Crippen LogP contribution in [0.25, 0.3) is 0 Å². The molecule has 0 unspecified atom stereocenters. The number of nitrogens with zero attached hydrogens (tertiary/aromatic N) is 2.